The van der Waals surface area contributed by atoms with Crippen molar-refractivity contribution in [2.75, 3.05) is 0 Å². The van der Waals surface area contributed by atoms with Crippen LogP contribution in [0.5, 0.6) is 0 Å². The molecule has 158 valence electrons. The number of hydrogen-bond acceptors (Lipinski definition) is 5. The number of benzene rings is 1. The van der Waals surface area contributed by atoms with Crippen LogP contribution in [0.4, 0.5) is 27.6 Å². The Kier molecular flexibility index (Phi) is 5.46. The van der Waals surface area contributed by atoms with E-state index in [-0.39, 0.29) is 34.3 Å². The van der Waals surface area contributed by atoms with E-state index in [2.05, 4.69) is 15.1 Å². The summed E-state index contributed by atoms with van der Waals surface area (Å²) < 4.78 is 66.9. The number of hydrogen-bond donors (Lipinski definition) is 0. The molecule has 0 saturated carbocycles. The van der Waals surface area contributed by atoms with Crippen molar-refractivity contribution in [3.63, 3.8) is 0 Å². The molecule has 3 rings (SSSR count). The molecule has 0 fully saturated rings. The van der Waals surface area contributed by atoms with Gasteiger partial charge >= 0.3 is 12.1 Å². The number of rotatable bonds is 5. The summed E-state index contributed by atoms with van der Waals surface area (Å²) in [4.78, 5) is 17.6. The van der Waals surface area contributed by atoms with Crippen LogP contribution in [-0.4, -0.2) is 30.8 Å². The quantitative estimate of drug-likeness (QED) is 0.240. The highest BCUT2D eigenvalue weighted by Crippen LogP contribution is 2.43. The van der Waals surface area contributed by atoms with Crippen molar-refractivity contribution in [3.8, 4) is 11.4 Å². The summed E-state index contributed by atoms with van der Waals surface area (Å²) in [6, 6.07) is 6.71. The van der Waals surface area contributed by atoms with Gasteiger partial charge in [0, 0.05) is 23.4 Å². The first-order chi connectivity index (χ1) is 13.9. The van der Waals surface area contributed by atoms with Crippen LogP contribution in [0.2, 0.25) is 5.15 Å². The van der Waals surface area contributed by atoms with Crippen molar-refractivity contribution in [2.45, 2.75) is 25.6 Å². The zero-order valence-corrected chi connectivity index (χ0v) is 15.7. The normalized spacial score (nSPS) is 12.2. The fourth-order valence-electron chi connectivity index (χ4n) is 2.63. The maximum atomic E-state index is 13.8. The maximum absolute atomic E-state index is 13.8. The average Bonchev–Trinajstić information content (AvgIpc) is 3.07. The molecule has 0 aliphatic rings. The summed E-state index contributed by atoms with van der Waals surface area (Å²) in [5.41, 5.74) is 0.351. The lowest BCUT2D eigenvalue weighted by Crippen LogP contribution is -2.35. The van der Waals surface area contributed by atoms with Gasteiger partial charge in [0.1, 0.15) is 5.15 Å². The number of halogens is 6. The van der Waals surface area contributed by atoms with Gasteiger partial charge in [0.15, 0.2) is 5.82 Å². The molecule has 0 amide bonds. The Morgan fingerprint density at radius 2 is 1.87 bits per heavy atom. The van der Waals surface area contributed by atoms with E-state index in [9.17, 15) is 32.1 Å². The van der Waals surface area contributed by atoms with Crippen molar-refractivity contribution in [2.24, 2.45) is 0 Å². The topological polar surface area (TPSA) is 86.7 Å². The highest BCUT2D eigenvalue weighted by molar-refractivity contribution is 6.29. The smallest absolute Gasteiger partial charge is 0.258 e. The molecule has 0 aliphatic carbocycles. The predicted molar refractivity (Wildman–Crippen MR) is 95.1 cm³/mol. The Hall–Kier alpha value is -3.15. The van der Waals surface area contributed by atoms with Gasteiger partial charge in [-0.15, -0.1) is 5.10 Å². The van der Waals surface area contributed by atoms with E-state index >= 15 is 0 Å². The van der Waals surface area contributed by atoms with E-state index in [0.29, 0.717) is 5.56 Å². The molecule has 0 aliphatic heterocycles. The third-order valence-electron chi connectivity index (χ3n) is 4.23. The molecule has 0 N–H and O–H groups in total. The second-order valence-electron chi connectivity index (χ2n) is 6.18. The average molecular weight is 448 g/mol. The fourth-order valence-corrected chi connectivity index (χ4v) is 2.75. The van der Waals surface area contributed by atoms with E-state index in [1.807, 2.05) is 0 Å². The van der Waals surface area contributed by atoms with Gasteiger partial charge in [0.05, 0.1) is 11.5 Å². The Morgan fingerprint density at radius 3 is 2.43 bits per heavy atom. The first-order valence-electron chi connectivity index (χ1n) is 8.16. The van der Waals surface area contributed by atoms with Crippen molar-refractivity contribution in [1.29, 1.82) is 0 Å². The van der Waals surface area contributed by atoms with E-state index in [4.69, 9.17) is 11.6 Å². The minimum absolute atomic E-state index is 0.0696. The van der Waals surface area contributed by atoms with Gasteiger partial charge < -0.3 is 0 Å². The summed E-state index contributed by atoms with van der Waals surface area (Å²) in [6.45, 7) is 1.09. The Bertz CT molecular complexity index is 1100. The van der Waals surface area contributed by atoms with Crippen LogP contribution in [0, 0.1) is 17.0 Å². The standard InChI is InChI=1S/C17H11ClF5N5O2/c1-9-11(3-2-4-12(9)28(29)30)8-27-14(10-5-6-13(18)24-7-10)25-15(26-27)16(19,20)17(21,22)23/h2-7H,8H2,1H3. The van der Waals surface area contributed by atoms with Gasteiger partial charge in [-0.05, 0) is 24.6 Å². The molecular weight excluding hydrogens is 437 g/mol. The van der Waals surface area contributed by atoms with E-state index < -0.39 is 22.8 Å². The Balaban J connectivity index is 2.14. The van der Waals surface area contributed by atoms with Crippen molar-refractivity contribution >= 4 is 17.3 Å². The Labute approximate surface area is 170 Å². The number of alkyl halides is 5. The van der Waals surface area contributed by atoms with E-state index in [1.165, 1.54) is 37.3 Å². The van der Waals surface area contributed by atoms with Crippen LogP contribution in [0.15, 0.2) is 36.5 Å². The molecule has 2 aromatic heterocycles. The molecular formula is C17H11ClF5N5O2. The molecule has 3 aromatic rings. The van der Waals surface area contributed by atoms with Gasteiger partial charge in [-0.2, -0.15) is 22.0 Å². The summed E-state index contributed by atoms with van der Waals surface area (Å²) in [5, 5.41) is 14.6. The molecule has 0 radical (unpaired) electrons. The molecule has 2 heterocycles. The van der Waals surface area contributed by atoms with Crippen LogP contribution in [0.3, 0.4) is 0 Å². The van der Waals surface area contributed by atoms with Crippen LogP contribution in [0.25, 0.3) is 11.4 Å². The minimum Gasteiger partial charge on any atom is -0.258 e. The second kappa shape index (κ2) is 7.59. The number of pyridine rings is 1. The third-order valence-corrected chi connectivity index (χ3v) is 4.45. The monoisotopic (exact) mass is 447 g/mol. The van der Waals surface area contributed by atoms with Crippen LogP contribution in [-0.2, 0) is 12.5 Å². The lowest BCUT2D eigenvalue weighted by Gasteiger charge is -2.15. The van der Waals surface area contributed by atoms with Crippen LogP contribution >= 0.6 is 11.6 Å². The summed E-state index contributed by atoms with van der Waals surface area (Å²) in [6.07, 6.45) is -4.77. The SMILES string of the molecule is Cc1c(Cn2nc(C(F)(F)C(F)(F)F)nc2-c2ccc(Cl)nc2)cccc1[N+](=O)[O-]. The van der Waals surface area contributed by atoms with Gasteiger partial charge in [0.25, 0.3) is 5.69 Å². The van der Waals surface area contributed by atoms with Crippen LogP contribution < -0.4 is 0 Å². The second-order valence-corrected chi connectivity index (χ2v) is 6.56. The molecule has 0 bridgehead atoms. The summed E-state index contributed by atoms with van der Waals surface area (Å²) in [7, 11) is 0. The molecule has 7 nitrogen and oxygen atoms in total. The molecule has 13 heteroatoms. The lowest BCUT2D eigenvalue weighted by atomic mass is 10.1. The molecule has 1 aromatic carbocycles. The van der Waals surface area contributed by atoms with Gasteiger partial charge in [-0.1, -0.05) is 23.7 Å². The number of nitro benzene ring substituents is 1. The largest absolute Gasteiger partial charge is 0.461 e. The van der Waals surface area contributed by atoms with Crippen molar-refractivity contribution < 1.29 is 26.9 Å². The van der Waals surface area contributed by atoms with Crippen LogP contribution in [0.1, 0.15) is 17.0 Å². The minimum atomic E-state index is -5.91. The van der Waals surface area contributed by atoms with Gasteiger partial charge in [-0.25, -0.2) is 14.6 Å². The molecule has 0 atom stereocenters. The summed E-state index contributed by atoms with van der Waals surface area (Å²) in [5.74, 6) is -7.38. The molecule has 0 spiro atoms. The van der Waals surface area contributed by atoms with E-state index in [1.54, 1.807) is 0 Å². The number of aromatic nitrogens is 4. The highest BCUT2D eigenvalue weighted by atomic mass is 35.5. The van der Waals surface area contributed by atoms with Crippen molar-refractivity contribution in [1.82, 2.24) is 19.7 Å². The predicted octanol–water partition coefficient (Wildman–Crippen LogP) is 4.91. The molecule has 0 unspecified atom stereocenters. The first kappa shape index (κ1) is 21.6. The number of nitrogens with zero attached hydrogens (tertiary/aromatic N) is 5. The zero-order chi connectivity index (χ0) is 22.3. The zero-order valence-electron chi connectivity index (χ0n) is 15.0. The highest BCUT2D eigenvalue weighted by Gasteiger charge is 2.62. The lowest BCUT2D eigenvalue weighted by molar-refractivity contribution is -0.385. The summed E-state index contributed by atoms with van der Waals surface area (Å²) >= 11 is 5.69. The van der Waals surface area contributed by atoms with E-state index in [0.717, 1.165) is 10.9 Å². The number of nitro groups is 1. The van der Waals surface area contributed by atoms with Crippen molar-refractivity contribution in [3.05, 3.63) is 68.7 Å². The van der Waals surface area contributed by atoms with Gasteiger partial charge in [-0.3, -0.25) is 10.1 Å². The fraction of sp³-hybridized carbons (Fsp3) is 0.235. The maximum Gasteiger partial charge on any atom is 0.461 e. The molecule has 0 saturated heterocycles. The third kappa shape index (κ3) is 3.95. The van der Waals surface area contributed by atoms with Gasteiger partial charge in [0.2, 0.25) is 5.82 Å². The molecule has 30 heavy (non-hydrogen) atoms. The Morgan fingerprint density at radius 1 is 1.17 bits per heavy atom. The first-order valence-corrected chi connectivity index (χ1v) is 8.54.